The lowest BCUT2D eigenvalue weighted by Crippen LogP contribution is -1.94. The number of carbonyl (C=O) groups is 2. The molecule has 0 aliphatic heterocycles. The highest BCUT2D eigenvalue weighted by Crippen LogP contribution is 2.32. The summed E-state index contributed by atoms with van der Waals surface area (Å²) in [5, 5.41) is 8.63. The molecule has 1 aromatic heterocycles. The van der Waals surface area contributed by atoms with Gasteiger partial charge in [0.2, 0.25) is 5.76 Å². The minimum absolute atomic E-state index is 0.0562. The van der Waals surface area contributed by atoms with Gasteiger partial charge in [0.1, 0.15) is 11.5 Å². The zero-order valence-electron chi connectivity index (χ0n) is 7.53. The Bertz CT molecular complexity index is 377. The van der Waals surface area contributed by atoms with Gasteiger partial charge in [-0.1, -0.05) is 0 Å². The fourth-order valence-corrected chi connectivity index (χ4v) is 1.74. The first-order valence-corrected chi connectivity index (χ1v) is 4.51. The van der Waals surface area contributed by atoms with E-state index >= 15 is 0 Å². The third-order valence-corrected chi connectivity index (χ3v) is 2.49. The van der Waals surface area contributed by atoms with Crippen LogP contribution in [0.25, 0.3) is 0 Å². The predicted octanol–water partition coefficient (Wildman–Crippen LogP) is 1.81. The number of ketones is 1. The Balaban J connectivity index is 2.17. The molecule has 1 heterocycles. The van der Waals surface area contributed by atoms with E-state index in [1.54, 1.807) is 6.07 Å². The molecule has 2 rings (SSSR count). The van der Waals surface area contributed by atoms with Crippen molar-refractivity contribution in [1.29, 1.82) is 0 Å². The second kappa shape index (κ2) is 3.29. The third kappa shape index (κ3) is 1.55. The van der Waals surface area contributed by atoms with E-state index in [-0.39, 0.29) is 17.5 Å². The van der Waals surface area contributed by atoms with E-state index in [4.69, 9.17) is 9.52 Å². The van der Waals surface area contributed by atoms with Crippen molar-refractivity contribution in [1.82, 2.24) is 0 Å². The predicted molar refractivity (Wildman–Crippen MR) is 47.3 cm³/mol. The minimum atomic E-state index is -1.07. The van der Waals surface area contributed by atoms with Crippen LogP contribution in [-0.4, -0.2) is 16.9 Å². The monoisotopic (exact) mass is 194 g/mol. The fraction of sp³-hybridized carbons (Fsp3) is 0.400. The van der Waals surface area contributed by atoms with Crippen molar-refractivity contribution in [2.75, 3.05) is 0 Å². The van der Waals surface area contributed by atoms with Gasteiger partial charge in [-0.05, 0) is 18.6 Å². The van der Waals surface area contributed by atoms with E-state index in [0.29, 0.717) is 18.6 Å². The second-order valence-electron chi connectivity index (χ2n) is 3.49. The molecule has 0 radical (unpaired) electrons. The standard InChI is InChI=1S/C10H10O4/c11-7-2-1-6(5-7)8-3-4-9(14-8)10(12)13/h3-4,6H,1-2,5H2,(H,12,13). The summed E-state index contributed by atoms with van der Waals surface area (Å²) in [7, 11) is 0. The average molecular weight is 194 g/mol. The summed E-state index contributed by atoms with van der Waals surface area (Å²) in [5.41, 5.74) is 0. The number of carboxylic acid groups (broad SMARTS) is 1. The Kier molecular flexibility index (Phi) is 2.11. The van der Waals surface area contributed by atoms with E-state index in [1.807, 2.05) is 0 Å². The summed E-state index contributed by atoms with van der Waals surface area (Å²) in [4.78, 5) is 21.5. The Hall–Kier alpha value is -1.58. The first-order chi connectivity index (χ1) is 6.66. The van der Waals surface area contributed by atoms with E-state index in [0.717, 1.165) is 6.42 Å². The van der Waals surface area contributed by atoms with Crippen LogP contribution >= 0.6 is 0 Å². The molecule has 1 aliphatic rings. The number of carboxylic acids is 1. The van der Waals surface area contributed by atoms with Gasteiger partial charge in [0.15, 0.2) is 0 Å². The normalized spacial score (nSPS) is 21.4. The van der Waals surface area contributed by atoms with Gasteiger partial charge >= 0.3 is 5.97 Å². The maximum absolute atomic E-state index is 11.0. The van der Waals surface area contributed by atoms with Crippen molar-refractivity contribution >= 4 is 11.8 Å². The summed E-state index contributed by atoms with van der Waals surface area (Å²) in [5.74, 6) is -0.202. The molecule has 74 valence electrons. The van der Waals surface area contributed by atoms with Crippen LogP contribution in [0.2, 0.25) is 0 Å². The zero-order valence-corrected chi connectivity index (χ0v) is 7.53. The van der Waals surface area contributed by atoms with Crippen LogP contribution in [0.1, 0.15) is 41.5 Å². The Morgan fingerprint density at radius 1 is 1.50 bits per heavy atom. The first-order valence-electron chi connectivity index (χ1n) is 4.51. The summed E-state index contributed by atoms with van der Waals surface area (Å²) >= 11 is 0. The first kappa shape index (κ1) is 8.99. The van der Waals surface area contributed by atoms with Gasteiger partial charge in [-0.15, -0.1) is 0 Å². The molecule has 1 atom stereocenters. The molecule has 0 bridgehead atoms. The van der Waals surface area contributed by atoms with Gasteiger partial charge in [0.25, 0.3) is 0 Å². The van der Waals surface area contributed by atoms with Crippen LogP contribution in [0, 0.1) is 0 Å². The van der Waals surface area contributed by atoms with Gasteiger partial charge in [0, 0.05) is 18.8 Å². The van der Waals surface area contributed by atoms with Crippen molar-refractivity contribution in [3.63, 3.8) is 0 Å². The number of aromatic carboxylic acids is 1. The molecule has 0 saturated heterocycles. The van der Waals surface area contributed by atoms with Crippen LogP contribution in [0.4, 0.5) is 0 Å². The molecule has 1 aromatic rings. The van der Waals surface area contributed by atoms with Crippen molar-refractivity contribution in [2.45, 2.75) is 25.2 Å². The number of furan rings is 1. The van der Waals surface area contributed by atoms with Crippen LogP contribution in [0.3, 0.4) is 0 Å². The Labute approximate surface area is 80.5 Å². The fourth-order valence-electron chi connectivity index (χ4n) is 1.74. The molecule has 0 aromatic carbocycles. The molecule has 0 amide bonds. The molecule has 1 fully saturated rings. The van der Waals surface area contributed by atoms with Gasteiger partial charge < -0.3 is 9.52 Å². The van der Waals surface area contributed by atoms with Crippen LogP contribution in [0.5, 0.6) is 0 Å². The highest BCUT2D eigenvalue weighted by atomic mass is 16.4. The SMILES string of the molecule is O=C1CCC(c2ccc(C(=O)O)o2)C1. The second-order valence-corrected chi connectivity index (χ2v) is 3.49. The number of hydrogen-bond acceptors (Lipinski definition) is 3. The van der Waals surface area contributed by atoms with E-state index < -0.39 is 5.97 Å². The maximum atomic E-state index is 11.0. The quantitative estimate of drug-likeness (QED) is 0.779. The van der Waals surface area contributed by atoms with Crippen molar-refractivity contribution in [3.05, 3.63) is 23.7 Å². The van der Waals surface area contributed by atoms with Crippen molar-refractivity contribution < 1.29 is 19.1 Å². The van der Waals surface area contributed by atoms with Crippen molar-refractivity contribution in [2.24, 2.45) is 0 Å². The third-order valence-electron chi connectivity index (χ3n) is 2.49. The summed E-state index contributed by atoms with van der Waals surface area (Å²) < 4.78 is 5.13. The van der Waals surface area contributed by atoms with Crippen LogP contribution < -0.4 is 0 Å². The molecule has 1 unspecified atom stereocenters. The van der Waals surface area contributed by atoms with Gasteiger partial charge in [-0.2, -0.15) is 0 Å². The van der Waals surface area contributed by atoms with Crippen LogP contribution in [0.15, 0.2) is 16.5 Å². The van der Waals surface area contributed by atoms with E-state index in [2.05, 4.69) is 0 Å². The Morgan fingerprint density at radius 3 is 2.79 bits per heavy atom. The van der Waals surface area contributed by atoms with E-state index in [1.165, 1.54) is 6.07 Å². The lowest BCUT2D eigenvalue weighted by atomic mass is 10.1. The number of hydrogen-bond donors (Lipinski definition) is 1. The lowest BCUT2D eigenvalue weighted by molar-refractivity contribution is -0.117. The Morgan fingerprint density at radius 2 is 2.29 bits per heavy atom. The molecule has 1 aliphatic carbocycles. The summed E-state index contributed by atoms with van der Waals surface area (Å²) in [6.07, 6.45) is 1.83. The lowest BCUT2D eigenvalue weighted by Gasteiger charge is -2.01. The summed E-state index contributed by atoms with van der Waals surface area (Å²) in [6.45, 7) is 0. The molecular formula is C10H10O4. The van der Waals surface area contributed by atoms with Gasteiger partial charge in [0.05, 0.1) is 0 Å². The molecule has 4 heteroatoms. The molecule has 4 nitrogen and oxygen atoms in total. The van der Waals surface area contributed by atoms with Crippen molar-refractivity contribution in [3.8, 4) is 0 Å². The van der Waals surface area contributed by atoms with Gasteiger partial charge in [-0.3, -0.25) is 4.79 Å². The molecule has 0 spiro atoms. The highest BCUT2D eigenvalue weighted by Gasteiger charge is 2.26. The number of rotatable bonds is 2. The summed E-state index contributed by atoms with van der Waals surface area (Å²) in [6, 6.07) is 3.08. The number of Topliss-reactive ketones (excluding diaryl/α,β-unsaturated/α-hetero) is 1. The molecule has 1 saturated carbocycles. The topological polar surface area (TPSA) is 67.5 Å². The number of carbonyl (C=O) groups excluding carboxylic acids is 1. The van der Waals surface area contributed by atoms with Crippen LogP contribution in [-0.2, 0) is 4.79 Å². The van der Waals surface area contributed by atoms with Gasteiger partial charge in [-0.25, -0.2) is 4.79 Å². The van der Waals surface area contributed by atoms with E-state index in [9.17, 15) is 9.59 Å². The molecule has 14 heavy (non-hydrogen) atoms. The molecular weight excluding hydrogens is 184 g/mol. The zero-order chi connectivity index (χ0) is 10.1. The minimum Gasteiger partial charge on any atom is -0.475 e. The highest BCUT2D eigenvalue weighted by molar-refractivity contribution is 5.84. The molecule has 1 N–H and O–H groups in total. The smallest absolute Gasteiger partial charge is 0.371 e. The largest absolute Gasteiger partial charge is 0.475 e. The maximum Gasteiger partial charge on any atom is 0.371 e. The average Bonchev–Trinajstić information content (AvgIpc) is 2.70.